The Kier molecular flexibility index (Phi) is 4.66. The smallest absolute Gasteiger partial charge is 0.346 e. The second-order valence-corrected chi connectivity index (χ2v) is 8.22. The van der Waals surface area contributed by atoms with Gasteiger partial charge >= 0.3 is 5.97 Å². The number of carbonyl (C=O) groups is 1. The number of thiophene rings is 1. The predicted molar refractivity (Wildman–Crippen MR) is 98.2 cm³/mol. The lowest BCUT2D eigenvalue weighted by Gasteiger charge is -2.06. The maximum atomic E-state index is 13.2. The molecule has 1 aromatic heterocycles. The van der Waals surface area contributed by atoms with Gasteiger partial charge in [-0.1, -0.05) is 24.3 Å². The Morgan fingerprint density at radius 1 is 1.04 bits per heavy atom. The number of sulfonamides is 1. The second-order valence-electron chi connectivity index (χ2n) is 5.64. The SMILES string of the molecule is Cc1c(-c2ccc(F)cc2)sc(C(=O)O)c1-c1ccc(S(N)(=O)=O)cc1. The summed E-state index contributed by atoms with van der Waals surface area (Å²) in [4.78, 5) is 12.5. The first-order valence-corrected chi connectivity index (χ1v) is 9.80. The van der Waals surface area contributed by atoms with Gasteiger partial charge in [0, 0.05) is 10.4 Å². The Morgan fingerprint density at radius 3 is 2.08 bits per heavy atom. The fourth-order valence-electron chi connectivity index (χ4n) is 2.70. The summed E-state index contributed by atoms with van der Waals surface area (Å²) in [5.41, 5.74) is 2.51. The van der Waals surface area contributed by atoms with Gasteiger partial charge in [-0.05, 0) is 47.9 Å². The van der Waals surface area contributed by atoms with E-state index in [4.69, 9.17) is 5.14 Å². The minimum atomic E-state index is -3.83. The predicted octanol–water partition coefficient (Wildman–Crippen LogP) is 3.88. The monoisotopic (exact) mass is 391 g/mol. The molecule has 0 fully saturated rings. The summed E-state index contributed by atoms with van der Waals surface area (Å²) < 4.78 is 36.0. The third kappa shape index (κ3) is 3.39. The number of carboxylic acid groups (broad SMARTS) is 1. The molecule has 0 aliphatic carbocycles. The molecule has 0 aliphatic heterocycles. The Hall–Kier alpha value is -2.55. The maximum Gasteiger partial charge on any atom is 0.346 e. The molecule has 8 heteroatoms. The van der Waals surface area contributed by atoms with Crippen molar-refractivity contribution in [2.24, 2.45) is 5.14 Å². The third-order valence-corrected chi connectivity index (χ3v) is 6.18. The Labute approximate surface area is 153 Å². The Bertz CT molecular complexity index is 1090. The lowest BCUT2D eigenvalue weighted by molar-refractivity contribution is 0.0703. The summed E-state index contributed by atoms with van der Waals surface area (Å²) in [6.45, 7) is 1.78. The summed E-state index contributed by atoms with van der Waals surface area (Å²) in [5, 5.41) is 14.7. The molecule has 0 spiro atoms. The van der Waals surface area contributed by atoms with Crippen molar-refractivity contribution in [1.29, 1.82) is 0 Å². The van der Waals surface area contributed by atoms with E-state index in [1.165, 1.54) is 36.4 Å². The summed E-state index contributed by atoms with van der Waals surface area (Å²) in [7, 11) is -3.83. The molecule has 3 aromatic rings. The van der Waals surface area contributed by atoms with E-state index in [1.807, 2.05) is 0 Å². The minimum Gasteiger partial charge on any atom is -0.477 e. The molecular weight excluding hydrogens is 377 g/mol. The van der Waals surface area contributed by atoms with Gasteiger partial charge in [-0.25, -0.2) is 22.7 Å². The average Bonchev–Trinajstić information content (AvgIpc) is 2.92. The number of hydrogen-bond donors (Lipinski definition) is 2. The first kappa shape index (κ1) is 18.2. The fourth-order valence-corrected chi connectivity index (χ4v) is 4.39. The van der Waals surface area contributed by atoms with Crippen molar-refractivity contribution in [1.82, 2.24) is 0 Å². The summed E-state index contributed by atoms with van der Waals surface area (Å²) >= 11 is 1.09. The van der Waals surface area contributed by atoms with Gasteiger partial charge in [0.15, 0.2) is 0 Å². The van der Waals surface area contributed by atoms with Crippen LogP contribution in [-0.2, 0) is 10.0 Å². The lowest BCUT2D eigenvalue weighted by atomic mass is 9.99. The van der Waals surface area contributed by atoms with E-state index in [0.29, 0.717) is 21.6 Å². The molecule has 0 radical (unpaired) electrons. The van der Waals surface area contributed by atoms with Crippen molar-refractivity contribution < 1.29 is 22.7 Å². The first-order valence-electron chi connectivity index (χ1n) is 7.44. The molecule has 0 atom stereocenters. The number of rotatable bonds is 4. The van der Waals surface area contributed by atoms with Crippen molar-refractivity contribution in [3.63, 3.8) is 0 Å². The molecule has 5 nitrogen and oxygen atoms in total. The number of hydrogen-bond acceptors (Lipinski definition) is 4. The minimum absolute atomic E-state index is 0.0511. The van der Waals surface area contributed by atoms with E-state index in [0.717, 1.165) is 16.9 Å². The topological polar surface area (TPSA) is 97.5 Å². The van der Waals surface area contributed by atoms with Gasteiger partial charge in [0.2, 0.25) is 10.0 Å². The summed E-state index contributed by atoms with van der Waals surface area (Å²) in [5.74, 6) is -1.46. The molecule has 0 unspecified atom stereocenters. The van der Waals surface area contributed by atoms with Gasteiger partial charge < -0.3 is 5.11 Å². The molecule has 0 saturated heterocycles. The van der Waals surface area contributed by atoms with Crippen LogP contribution in [0.25, 0.3) is 21.6 Å². The molecule has 134 valence electrons. The molecule has 3 N–H and O–H groups in total. The van der Waals surface area contributed by atoms with Crippen LogP contribution in [0.1, 0.15) is 15.2 Å². The zero-order valence-corrected chi connectivity index (χ0v) is 15.2. The molecule has 1 heterocycles. The lowest BCUT2D eigenvalue weighted by Crippen LogP contribution is -2.11. The normalized spacial score (nSPS) is 11.5. The van der Waals surface area contributed by atoms with Crippen LogP contribution in [0.2, 0.25) is 0 Å². The van der Waals surface area contributed by atoms with Crippen molar-refractivity contribution in [2.75, 3.05) is 0 Å². The van der Waals surface area contributed by atoms with E-state index in [-0.39, 0.29) is 15.6 Å². The van der Waals surface area contributed by atoms with Crippen LogP contribution in [-0.4, -0.2) is 19.5 Å². The molecule has 0 bridgehead atoms. The Balaban J connectivity index is 2.18. The highest BCUT2D eigenvalue weighted by Gasteiger charge is 2.22. The molecule has 3 rings (SSSR count). The van der Waals surface area contributed by atoms with E-state index in [2.05, 4.69) is 0 Å². The van der Waals surface area contributed by atoms with Crippen molar-refractivity contribution >= 4 is 27.3 Å². The van der Waals surface area contributed by atoms with Crippen LogP contribution in [0.5, 0.6) is 0 Å². The average molecular weight is 391 g/mol. The quantitative estimate of drug-likeness (QED) is 0.705. The standard InChI is InChI=1S/C18H14FNO4S2/c1-10-15(11-4-8-14(9-5-11)26(20,23)24)17(18(21)22)25-16(10)12-2-6-13(19)7-3-12/h2-9H,1H3,(H,21,22)(H2,20,23,24). The van der Waals surface area contributed by atoms with Gasteiger partial charge in [0.05, 0.1) is 4.90 Å². The van der Waals surface area contributed by atoms with E-state index in [9.17, 15) is 22.7 Å². The van der Waals surface area contributed by atoms with Gasteiger partial charge in [0.25, 0.3) is 0 Å². The van der Waals surface area contributed by atoms with Gasteiger partial charge in [-0.3, -0.25) is 0 Å². The number of aromatic carboxylic acids is 1. The van der Waals surface area contributed by atoms with Crippen LogP contribution < -0.4 is 5.14 Å². The molecule has 0 aliphatic rings. The molecule has 0 saturated carbocycles. The molecule has 26 heavy (non-hydrogen) atoms. The highest BCUT2D eigenvalue weighted by atomic mass is 32.2. The largest absolute Gasteiger partial charge is 0.477 e. The van der Waals surface area contributed by atoms with Gasteiger partial charge in [0.1, 0.15) is 10.7 Å². The number of benzene rings is 2. The zero-order chi connectivity index (χ0) is 19.1. The molecule has 2 aromatic carbocycles. The van der Waals surface area contributed by atoms with Crippen LogP contribution in [0.3, 0.4) is 0 Å². The summed E-state index contributed by atoms with van der Waals surface area (Å²) in [6.07, 6.45) is 0. The van der Waals surface area contributed by atoms with E-state index in [1.54, 1.807) is 19.1 Å². The number of carboxylic acids is 1. The number of nitrogens with two attached hydrogens (primary N) is 1. The van der Waals surface area contributed by atoms with E-state index < -0.39 is 16.0 Å². The highest BCUT2D eigenvalue weighted by Crippen LogP contribution is 2.42. The van der Waals surface area contributed by atoms with Crippen LogP contribution in [0.4, 0.5) is 4.39 Å². The first-order chi connectivity index (χ1) is 12.2. The Morgan fingerprint density at radius 2 is 1.58 bits per heavy atom. The van der Waals surface area contributed by atoms with Crippen LogP contribution in [0.15, 0.2) is 53.4 Å². The summed E-state index contributed by atoms with van der Waals surface area (Å²) in [6, 6.07) is 11.5. The molecule has 0 amide bonds. The van der Waals surface area contributed by atoms with E-state index >= 15 is 0 Å². The molecular formula is C18H14FNO4S2. The van der Waals surface area contributed by atoms with Crippen molar-refractivity contribution in [3.05, 3.63) is 64.8 Å². The number of halogens is 1. The van der Waals surface area contributed by atoms with Crippen LogP contribution >= 0.6 is 11.3 Å². The van der Waals surface area contributed by atoms with Crippen molar-refractivity contribution in [2.45, 2.75) is 11.8 Å². The highest BCUT2D eigenvalue weighted by molar-refractivity contribution is 7.89. The third-order valence-electron chi connectivity index (χ3n) is 3.92. The van der Waals surface area contributed by atoms with Crippen molar-refractivity contribution in [3.8, 4) is 21.6 Å². The number of primary sulfonamides is 1. The maximum absolute atomic E-state index is 13.2. The van der Waals surface area contributed by atoms with Crippen LogP contribution in [0, 0.1) is 12.7 Å². The van der Waals surface area contributed by atoms with Gasteiger partial charge in [-0.15, -0.1) is 11.3 Å². The van der Waals surface area contributed by atoms with Gasteiger partial charge in [-0.2, -0.15) is 0 Å². The second kappa shape index (κ2) is 6.64. The zero-order valence-electron chi connectivity index (χ0n) is 13.6. The fraction of sp³-hybridized carbons (Fsp3) is 0.0556.